The van der Waals surface area contributed by atoms with E-state index in [2.05, 4.69) is 29.3 Å². The zero-order valence-electron chi connectivity index (χ0n) is 34.9. The summed E-state index contributed by atoms with van der Waals surface area (Å²) in [5.74, 6) is 0.0314. The molecule has 1 amide bonds. The highest BCUT2D eigenvalue weighted by molar-refractivity contribution is 5.75. The lowest BCUT2D eigenvalue weighted by atomic mass is 9.83. The zero-order valence-corrected chi connectivity index (χ0v) is 34.9. The molecule has 1 aliphatic rings. The smallest absolute Gasteiger partial charge is 0.220 e. The highest BCUT2D eigenvalue weighted by Gasteiger charge is 2.42. The lowest BCUT2D eigenvalue weighted by molar-refractivity contribution is -0.263. The first-order valence-electron chi connectivity index (χ1n) is 21.9. The molecule has 4 aromatic rings. The van der Waals surface area contributed by atoms with Crippen molar-refractivity contribution in [3.05, 3.63) is 137 Å². The topological polar surface area (TPSA) is 111 Å². The summed E-state index contributed by atoms with van der Waals surface area (Å²) in [5, 5.41) is 34.0. The first-order chi connectivity index (χ1) is 28.3. The molecule has 8 nitrogen and oxygen atoms in total. The molecule has 5 rings (SSSR count). The van der Waals surface area contributed by atoms with Crippen LogP contribution in [0.1, 0.15) is 155 Å². The van der Waals surface area contributed by atoms with Gasteiger partial charge < -0.3 is 35.0 Å². The van der Waals surface area contributed by atoms with Crippen LogP contribution in [0.15, 0.2) is 103 Å². The van der Waals surface area contributed by atoms with Gasteiger partial charge in [0, 0.05) is 37.5 Å². The number of nitrogens with one attached hydrogen (secondary N) is 1. The molecular weight excluding hydrogens is 725 g/mol. The summed E-state index contributed by atoms with van der Waals surface area (Å²) in [6.45, 7) is 3.54. The second-order valence-electron chi connectivity index (χ2n) is 16.2. The van der Waals surface area contributed by atoms with Gasteiger partial charge in [-0.15, -0.1) is 0 Å². The highest BCUT2D eigenvalue weighted by Crippen LogP contribution is 2.47. The third kappa shape index (κ3) is 14.6. The van der Waals surface area contributed by atoms with Crippen molar-refractivity contribution >= 4 is 5.91 Å². The van der Waals surface area contributed by atoms with Gasteiger partial charge in [-0.05, 0) is 53.4 Å². The Morgan fingerprint density at radius 3 is 1.93 bits per heavy atom. The lowest BCUT2D eigenvalue weighted by Crippen LogP contribution is -2.44. The van der Waals surface area contributed by atoms with Crippen LogP contribution in [-0.4, -0.2) is 52.4 Å². The summed E-state index contributed by atoms with van der Waals surface area (Å²) < 4.78 is 13.7. The van der Waals surface area contributed by atoms with Crippen molar-refractivity contribution in [1.29, 1.82) is 0 Å². The van der Waals surface area contributed by atoms with E-state index in [1.54, 1.807) is 18.2 Å². The van der Waals surface area contributed by atoms with Crippen LogP contribution < -0.4 is 5.32 Å². The Morgan fingerprint density at radius 2 is 1.31 bits per heavy atom. The van der Waals surface area contributed by atoms with Gasteiger partial charge in [-0.3, -0.25) is 4.79 Å². The molecule has 0 aliphatic carbocycles. The summed E-state index contributed by atoms with van der Waals surface area (Å²) in [4.78, 5) is 14.7. The summed E-state index contributed by atoms with van der Waals surface area (Å²) >= 11 is 0. The summed E-state index contributed by atoms with van der Waals surface area (Å²) in [6, 6.07) is 33.0. The van der Waals surface area contributed by atoms with Crippen molar-refractivity contribution in [3.63, 3.8) is 0 Å². The van der Waals surface area contributed by atoms with Crippen molar-refractivity contribution in [2.75, 3.05) is 20.1 Å². The molecule has 1 aliphatic heterocycles. The minimum atomic E-state index is -0.799. The van der Waals surface area contributed by atoms with E-state index in [0.717, 1.165) is 40.7 Å². The van der Waals surface area contributed by atoms with Crippen LogP contribution in [0.4, 0.5) is 0 Å². The quantitative estimate of drug-likeness (QED) is 0.0495. The highest BCUT2D eigenvalue weighted by atomic mass is 16.7. The van der Waals surface area contributed by atoms with Crippen LogP contribution in [0, 0.1) is 0 Å². The molecule has 1 saturated heterocycles. The Balaban J connectivity index is 1.17. The van der Waals surface area contributed by atoms with Gasteiger partial charge in [0.2, 0.25) is 5.91 Å². The van der Waals surface area contributed by atoms with E-state index in [1.807, 2.05) is 79.8 Å². The molecule has 0 bridgehead atoms. The van der Waals surface area contributed by atoms with Gasteiger partial charge in [0.1, 0.15) is 5.75 Å². The molecule has 0 aromatic heterocycles. The molecule has 8 heteroatoms. The molecule has 0 saturated carbocycles. The van der Waals surface area contributed by atoms with Crippen LogP contribution >= 0.6 is 0 Å². The van der Waals surface area contributed by atoms with Gasteiger partial charge in [0.25, 0.3) is 0 Å². The van der Waals surface area contributed by atoms with Crippen LogP contribution in [0.2, 0.25) is 0 Å². The second kappa shape index (κ2) is 24.8. The molecule has 1 fully saturated rings. The van der Waals surface area contributed by atoms with Gasteiger partial charge in [0.05, 0.1) is 24.9 Å². The summed E-state index contributed by atoms with van der Waals surface area (Å²) in [5.41, 5.74) is 5.42. The third-order valence-electron chi connectivity index (χ3n) is 11.5. The molecule has 1 heterocycles. The predicted molar refractivity (Wildman–Crippen MR) is 232 cm³/mol. The average Bonchev–Trinajstić information content (AvgIpc) is 3.24. The lowest BCUT2D eigenvalue weighted by Gasteiger charge is -2.44. The predicted octanol–water partition coefficient (Wildman–Crippen LogP) is 10.6. The van der Waals surface area contributed by atoms with Crippen molar-refractivity contribution < 1.29 is 29.6 Å². The summed E-state index contributed by atoms with van der Waals surface area (Å²) in [6.07, 6.45) is 15.1. The normalized spacial score (nSPS) is 18.6. The number of benzene rings is 4. The van der Waals surface area contributed by atoms with Gasteiger partial charge in [-0.1, -0.05) is 175 Å². The number of amides is 1. The number of unbranched alkanes of at least 4 members (excludes halogenated alkanes) is 12. The number of aliphatic hydroxyl groups excluding tert-OH is 2. The maximum Gasteiger partial charge on any atom is 0.220 e. The Hall–Kier alpha value is -4.05. The molecule has 5 atom stereocenters. The fraction of sp³-hybridized carbons (Fsp3) is 0.500. The second-order valence-corrected chi connectivity index (χ2v) is 16.2. The summed E-state index contributed by atoms with van der Waals surface area (Å²) in [7, 11) is 1.97. The van der Waals surface area contributed by atoms with Crippen LogP contribution in [-0.2, 0) is 27.4 Å². The van der Waals surface area contributed by atoms with Crippen molar-refractivity contribution in [2.24, 2.45) is 0 Å². The van der Waals surface area contributed by atoms with Gasteiger partial charge >= 0.3 is 0 Å². The molecule has 58 heavy (non-hydrogen) atoms. The number of hydrogen-bond donors (Lipinski definition) is 4. The monoisotopic (exact) mass is 793 g/mol. The fourth-order valence-corrected chi connectivity index (χ4v) is 8.06. The average molecular weight is 793 g/mol. The largest absolute Gasteiger partial charge is 0.508 e. The van der Waals surface area contributed by atoms with E-state index in [9.17, 15) is 20.1 Å². The van der Waals surface area contributed by atoms with Crippen molar-refractivity contribution in [3.8, 4) is 5.75 Å². The Labute approximate surface area is 347 Å². The third-order valence-corrected chi connectivity index (χ3v) is 11.5. The number of phenolic OH excluding ortho intramolecular Hbond substituents is 1. The maximum atomic E-state index is 12.7. The number of aromatic hydroxyl groups is 1. The Bertz CT molecular complexity index is 1730. The number of likely N-dealkylation sites (N-methyl/N-ethyl adjacent to an activating group) is 1. The van der Waals surface area contributed by atoms with E-state index in [4.69, 9.17) is 9.47 Å². The Kier molecular flexibility index (Phi) is 19.2. The van der Waals surface area contributed by atoms with Crippen LogP contribution in [0.3, 0.4) is 0 Å². The molecule has 0 radical (unpaired) electrons. The Morgan fingerprint density at radius 1 is 0.707 bits per heavy atom. The van der Waals surface area contributed by atoms with Crippen molar-refractivity contribution in [2.45, 2.75) is 140 Å². The number of rotatable bonds is 25. The maximum absolute atomic E-state index is 12.7. The van der Waals surface area contributed by atoms with E-state index in [1.165, 1.54) is 70.6 Å². The molecule has 1 unspecified atom stereocenters. The first kappa shape index (κ1) is 45.0. The van der Waals surface area contributed by atoms with Gasteiger partial charge in [-0.2, -0.15) is 0 Å². The van der Waals surface area contributed by atoms with E-state index in [0.29, 0.717) is 31.6 Å². The zero-order chi connectivity index (χ0) is 41.0. The van der Waals surface area contributed by atoms with Gasteiger partial charge in [-0.25, -0.2) is 0 Å². The molecule has 314 valence electrons. The number of aliphatic hydroxyl groups is 2. The number of nitrogens with zero attached hydrogens (tertiary/aromatic N) is 1. The number of carbonyl (C=O) groups excluding carboxylic acids is 1. The molecule has 4 N–H and O–H groups in total. The van der Waals surface area contributed by atoms with E-state index >= 15 is 0 Å². The first-order valence-corrected chi connectivity index (χ1v) is 21.9. The SMILES string of the molecule is CCCCCCCCCCCCCCCC(=O)NCc1ccc(C2O[C@H](CN(C)C[C@@H](O)c3cccc(O)c3)[C@@H](c3ccccc3)[C@H](c3ccc(CO)cc3)O2)cc1. The molecule has 0 spiro atoms. The number of ether oxygens (including phenoxy) is 2. The standard InChI is InChI=1S/C50H68N2O6/c1-3-4-5-6-7-8-9-10-11-12-13-14-18-24-47(56)51-34-38-25-31-42(32-26-38)50-57-46(36-52(2)35-45(55)43-22-19-23-44(54)33-43)48(40-20-16-15-17-21-40)49(58-50)41-29-27-39(37-53)28-30-41/h15-17,19-23,25-33,45-46,48-50,53-55H,3-14,18,24,34-37H2,1-2H3,(H,51,56)/t45-,46-,48-,49+,50?/m1/s1. The molecular formula is C50H68N2O6. The number of phenols is 1. The number of carbonyl (C=O) groups is 1. The number of hydrogen-bond acceptors (Lipinski definition) is 7. The minimum absolute atomic E-state index is 0.0408. The molecule has 4 aromatic carbocycles. The van der Waals surface area contributed by atoms with E-state index in [-0.39, 0.29) is 36.4 Å². The fourth-order valence-electron chi connectivity index (χ4n) is 8.06. The van der Waals surface area contributed by atoms with Gasteiger partial charge in [0.15, 0.2) is 6.29 Å². The minimum Gasteiger partial charge on any atom is -0.508 e. The van der Waals surface area contributed by atoms with Crippen molar-refractivity contribution in [1.82, 2.24) is 10.2 Å². The van der Waals surface area contributed by atoms with Crippen LogP contribution in [0.25, 0.3) is 0 Å². The van der Waals surface area contributed by atoms with Crippen LogP contribution in [0.5, 0.6) is 5.75 Å². The van der Waals surface area contributed by atoms with E-state index < -0.39 is 12.4 Å².